The molecule has 1 atom stereocenters. The molecule has 0 saturated carbocycles. The number of carbonyl (C=O) groups excluding carboxylic acids is 2. The predicted molar refractivity (Wildman–Crippen MR) is 79.6 cm³/mol. The second-order valence-corrected chi connectivity index (χ2v) is 6.36. The smallest absolute Gasteiger partial charge is 0.407 e. The molecule has 0 radical (unpaired) electrons. The number of fused-ring (bicyclic) bond motifs is 1. The zero-order chi connectivity index (χ0) is 14.8. The molecule has 1 aromatic heterocycles. The molecule has 2 N–H and O–H groups in total. The average Bonchev–Trinajstić information content (AvgIpc) is 2.91. The van der Waals surface area contributed by atoms with Crippen LogP contribution in [0.1, 0.15) is 34.6 Å². The Morgan fingerprint density at radius 1 is 1.48 bits per heavy atom. The Kier molecular flexibility index (Phi) is 3.92. The third-order valence-electron chi connectivity index (χ3n) is 3.79. The van der Waals surface area contributed by atoms with Crippen LogP contribution in [-0.4, -0.2) is 30.9 Å². The van der Waals surface area contributed by atoms with Crippen LogP contribution in [0.5, 0.6) is 0 Å². The molecule has 3 rings (SSSR count). The summed E-state index contributed by atoms with van der Waals surface area (Å²) < 4.78 is 4.65. The van der Waals surface area contributed by atoms with Crippen molar-refractivity contribution >= 4 is 29.0 Å². The normalized spacial score (nSPS) is 21.1. The number of methoxy groups -OCH3 is 1. The fraction of sp³-hybridized carbons (Fsp3) is 0.500. The van der Waals surface area contributed by atoms with E-state index in [-0.39, 0.29) is 18.0 Å². The van der Waals surface area contributed by atoms with Crippen molar-refractivity contribution in [2.45, 2.75) is 38.1 Å². The van der Waals surface area contributed by atoms with E-state index in [0.29, 0.717) is 12.8 Å². The van der Waals surface area contributed by atoms with E-state index in [9.17, 15) is 9.59 Å². The van der Waals surface area contributed by atoms with Gasteiger partial charge in [0.05, 0.1) is 17.7 Å². The standard InChI is InChI=1S/C14H17N3O3S/c1-20-14(19)15-9-3-2-8-6-12(21-11(8)7-9)10-4-5-13(18)17-16-10/h6,9H,2-5,7H2,1H3,(H,15,19)(H,17,18). The van der Waals surface area contributed by atoms with Crippen molar-refractivity contribution in [2.75, 3.05) is 7.11 Å². The zero-order valence-corrected chi connectivity index (χ0v) is 12.6. The number of hydrogen-bond donors (Lipinski definition) is 2. The van der Waals surface area contributed by atoms with Crippen LogP contribution in [0.2, 0.25) is 0 Å². The lowest BCUT2D eigenvalue weighted by molar-refractivity contribution is -0.121. The van der Waals surface area contributed by atoms with Gasteiger partial charge in [-0.1, -0.05) is 0 Å². The highest BCUT2D eigenvalue weighted by molar-refractivity contribution is 7.14. The van der Waals surface area contributed by atoms with Gasteiger partial charge in [-0.15, -0.1) is 11.3 Å². The van der Waals surface area contributed by atoms with Crippen molar-refractivity contribution in [2.24, 2.45) is 5.10 Å². The molecule has 0 fully saturated rings. The molecule has 112 valence electrons. The summed E-state index contributed by atoms with van der Waals surface area (Å²) in [6.07, 6.45) is 3.50. The molecule has 2 aliphatic rings. The second-order valence-electron chi connectivity index (χ2n) is 5.23. The summed E-state index contributed by atoms with van der Waals surface area (Å²) in [4.78, 5) is 24.8. The van der Waals surface area contributed by atoms with Crippen LogP contribution in [0.25, 0.3) is 0 Å². The summed E-state index contributed by atoms with van der Waals surface area (Å²) in [6, 6.07) is 2.30. The van der Waals surface area contributed by atoms with Crippen LogP contribution < -0.4 is 10.7 Å². The molecule has 1 aromatic rings. The number of hydrogen-bond acceptors (Lipinski definition) is 5. The minimum absolute atomic E-state index is 0.0255. The number of ether oxygens (including phenoxy) is 1. The fourth-order valence-corrected chi connectivity index (χ4v) is 3.96. The number of nitrogens with zero attached hydrogens (tertiary/aromatic N) is 1. The molecular formula is C14H17N3O3S. The number of hydrazone groups is 1. The number of aryl methyl sites for hydroxylation is 1. The Bertz CT molecular complexity index is 609. The quantitative estimate of drug-likeness (QED) is 0.870. The zero-order valence-electron chi connectivity index (χ0n) is 11.8. The molecule has 6 nitrogen and oxygen atoms in total. The maximum atomic E-state index is 11.3. The van der Waals surface area contributed by atoms with Crippen LogP contribution in [0.4, 0.5) is 4.79 Å². The molecule has 1 aliphatic heterocycles. The first-order chi connectivity index (χ1) is 10.2. The van der Waals surface area contributed by atoms with Gasteiger partial charge in [-0.2, -0.15) is 5.10 Å². The molecule has 21 heavy (non-hydrogen) atoms. The second kappa shape index (κ2) is 5.85. The first-order valence-corrected chi connectivity index (χ1v) is 7.79. The SMILES string of the molecule is COC(=O)NC1CCc2cc(C3=NNC(=O)CC3)sc2C1. The van der Waals surface area contributed by atoms with Gasteiger partial charge in [0.1, 0.15) is 0 Å². The van der Waals surface area contributed by atoms with Crippen LogP contribution in [0.15, 0.2) is 11.2 Å². The molecule has 7 heteroatoms. The van der Waals surface area contributed by atoms with E-state index in [0.717, 1.165) is 29.9 Å². The third kappa shape index (κ3) is 3.07. The summed E-state index contributed by atoms with van der Waals surface area (Å²) in [5.74, 6) is -0.0255. The molecule has 0 saturated heterocycles. The van der Waals surface area contributed by atoms with E-state index in [2.05, 4.69) is 26.6 Å². The van der Waals surface area contributed by atoms with E-state index in [1.54, 1.807) is 11.3 Å². The van der Waals surface area contributed by atoms with E-state index in [4.69, 9.17) is 0 Å². The fourth-order valence-electron chi connectivity index (χ4n) is 2.65. The van der Waals surface area contributed by atoms with Gasteiger partial charge in [-0.05, 0) is 24.5 Å². The summed E-state index contributed by atoms with van der Waals surface area (Å²) in [5, 5.41) is 7.00. The first-order valence-electron chi connectivity index (χ1n) is 6.97. The monoisotopic (exact) mass is 307 g/mol. The summed E-state index contributed by atoms with van der Waals surface area (Å²) >= 11 is 1.71. The lowest BCUT2D eigenvalue weighted by Gasteiger charge is -2.22. The topological polar surface area (TPSA) is 79.8 Å². The van der Waals surface area contributed by atoms with Gasteiger partial charge in [0.25, 0.3) is 0 Å². The largest absolute Gasteiger partial charge is 0.453 e. The lowest BCUT2D eigenvalue weighted by atomic mass is 9.94. The summed E-state index contributed by atoms with van der Waals surface area (Å²) in [7, 11) is 1.38. The van der Waals surface area contributed by atoms with E-state index < -0.39 is 0 Å². The molecule has 0 bridgehead atoms. The van der Waals surface area contributed by atoms with Crippen molar-refractivity contribution in [1.29, 1.82) is 0 Å². The van der Waals surface area contributed by atoms with Gasteiger partial charge in [0.15, 0.2) is 0 Å². The molecule has 0 aromatic carbocycles. The molecule has 1 aliphatic carbocycles. The van der Waals surface area contributed by atoms with Crippen LogP contribution >= 0.6 is 11.3 Å². The van der Waals surface area contributed by atoms with Crippen molar-refractivity contribution in [3.8, 4) is 0 Å². The molecular weight excluding hydrogens is 290 g/mol. The Balaban J connectivity index is 1.72. The maximum Gasteiger partial charge on any atom is 0.407 e. The van der Waals surface area contributed by atoms with Gasteiger partial charge in [0, 0.05) is 30.2 Å². The van der Waals surface area contributed by atoms with Crippen molar-refractivity contribution in [3.63, 3.8) is 0 Å². The number of thiophene rings is 1. The Hall–Kier alpha value is -1.89. The number of amides is 2. The number of nitrogens with one attached hydrogen (secondary N) is 2. The highest BCUT2D eigenvalue weighted by Gasteiger charge is 2.24. The number of carbonyl (C=O) groups is 2. The summed E-state index contributed by atoms with van der Waals surface area (Å²) in [6.45, 7) is 0. The Labute approximate surface area is 126 Å². The van der Waals surface area contributed by atoms with Crippen LogP contribution in [0, 0.1) is 0 Å². The van der Waals surface area contributed by atoms with Crippen LogP contribution in [0.3, 0.4) is 0 Å². The first kappa shape index (κ1) is 14.1. The Morgan fingerprint density at radius 2 is 2.33 bits per heavy atom. The molecule has 0 spiro atoms. The van der Waals surface area contributed by atoms with Gasteiger partial charge in [-0.3, -0.25) is 4.79 Å². The predicted octanol–water partition coefficient (Wildman–Crippen LogP) is 1.58. The minimum Gasteiger partial charge on any atom is -0.453 e. The molecule has 1 unspecified atom stereocenters. The number of rotatable bonds is 2. The van der Waals surface area contributed by atoms with Gasteiger partial charge < -0.3 is 10.1 Å². The van der Waals surface area contributed by atoms with Gasteiger partial charge >= 0.3 is 6.09 Å². The molecule has 2 amide bonds. The van der Waals surface area contributed by atoms with Gasteiger partial charge in [0.2, 0.25) is 5.91 Å². The van der Waals surface area contributed by atoms with Gasteiger partial charge in [-0.25, -0.2) is 10.2 Å². The third-order valence-corrected chi connectivity index (χ3v) is 5.04. The maximum absolute atomic E-state index is 11.3. The highest BCUT2D eigenvalue weighted by Crippen LogP contribution is 2.31. The Morgan fingerprint density at radius 3 is 3.05 bits per heavy atom. The molecule has 2 heterocycles. The average molecular weight is 307 g/mol. The van der Waals surface area contributed by atoms with E-state index in [1.807, 2.05) is 0 Å². The lowest BCUT2D eigenvalue weighted by Crippen LogP contribution is -2.38. The summed E-state index contributed by atoms with van der Waals surface area (Å²) in [5.41, 5.74) is 4.82. The van der Waals surface area contributed by atoms with Crippen LogP contribution in [-0.2, 0) is 22.4 Å². The van der Waals surface area contributed by atoms with Crippen molar-refractivity contribution in [1.82, 2.24) is 10.7 Å². The minimum atomic E-state index is -0.375. The van der Waals surface area contributed by atoms with E-state index in [1.165, 1.54) is 17.6 Å². The van der Waals surface area contributed by atoms with E-state index >= 15 is 0 Å². The highest BCUT2D eigenvalue weighted by atomic mass is 32.1. The number of alkyl carbamates (subject to hydrolysis) is 1. The van der Waals surface area contributed by atoms with Crippen molar-refractivity contribution in [3.05, 3.63) is 21.4 Å². The van der Waals surface area contributed by atoms with Crippen molar-refractivity contribution < 1.29 is 14.3 Å².